The zero-order valence-corrected chi connectivity index (χ0v) is 15.6. The average Bonchev–Trinajstić information content (AvgIpc) is 2.65. The third-order valence-corrected chi connectivity index (χ3v) is 4.15. The number of aromatic nitrogens is 2. The van der Waals surface area contributed by atoms with Crippen LogP contribution in [-0.4, -0.2) is 15.9 Å². The number of aryl methyl sites for hydroxylation is 1. The van der Waals surface area contributed by atoms with E-state index in [0.717, 1.165) is 25.1 Å². The lowest BCUT2D eigenvalue weighted by molar-refractivity contribution is -0.138. The van der Waals surface area contributed by atoms with E-state index in [-0.39, 0.29) is 17.1 Å². The van der Waals surface area contributed by atoms with E-state index < -0.39 is 46.4 Å². The van der Waals surface area contributed by atoms with Gasteiger partial charge in [0.25, 0.3) is 5.91 Å². The van der Waals surface area contributed by atoms with Crippen LogP contribution in [0.1, 0.15) is 27.2 Å². The Morgan fingerprint density at radius 3 is 2.30 bits per heavy atom. The molecule has 0 aliphatic carbocycles. The number of carbonyl (C=O) groups is 1. The Morgan fingerprint density at radius 1 is 1.03 bits per heavy atom. The molecular formula is C20H14F5N3O2. The van der Waals surface area contributed by atoms with Crippen molar-refractivity contribution in [3.8, 4) is 11.6 Å². The number of hydrogen-bond donors (Lipinski definition) is 1. The molecular weight excluding hydrogens is 409 g/mol. The quantitative estimate of drug-likeness (QED) is 0.449. The summed E-state index contributed by atoms with van der Waals surface area (Å²) in [5, 5.41) is 2.39. The van der Waals surface area contributed by atoms with E-state index in [2.05, 4.69) is 15.3 Å². The standard InChI is InChI=1S/C20H14F5N3O2/c1-10-14(20(23,24)25)9-26-19(30-15-7-8-16(22)27-11(15)2)17(10)18(29)28-13-5-3-12(21)4-6-13/h3-9H,1-2H3,(H,28,29). The van der Waals surface area contributed by atoms with Crippen LogP contribution in [-0.2, 0) is 6.18 Å². The lowest BCUT2D eigenvalue weighted by Crippen LogP contribution is -2.19. The molecule has 0 saturated carbocycles. The third-order valence-electron chi connectivity index (χ3n) is 4.15. The van der Waals surface area contributed by atoms with Crippen molar-refractivity contribution in [1.82, 2.24) is 9.97 Å². The number of nitrogens with zero attached hydrogens (tertiary/aromatic N) is 2. The van der Waals surface area contributed by atoms with Gasteiger partial charge in [-0.25, -0.2) is 14.4 Å². The van der Waals surface area contributed by atoms with Crippen molar-refractivity contribution in [1.29, 1.82) is 0 Å². The van der Waals surface area contributed by atoms with Gasteiger partial charge in [0.1, 0.15) is 11.4 Å². The lowest BCUT2D eigenvalue weighted by atomic mass is 10.0. The van der Waals surface area contributed by atoms with Crippen LogP contribution < -0.4 is 10.1 Å². The molecule has 1 amide bonds. The lowest BCUT2D eigenvalue weighted by Gasteiger charge is -2.17. The molecule has 0 spiro atoms. The van der Waals surface area contributed by atoms with Crippen LogP contribution in [0.5, 0.6) is 11.6 Å². The van der Waals surface area contributed by atoms with Gasteiger partial charge >= 0.3 is 6.18 Å². The van der Waals surface area contributed by atoms with Gasteiger partial charge in [-0.15, -0.1) is 0 Å². The van der Waals surface area contributed by atoms with E-state index in [0.29, 0.717) is 6.20 Å². The highest BCUT2D eigenvalue weighted by molar-refractivity contribution is 6.07. The topological polar surface area (TPSA) is 64.1 Å². The Labute approximate surface area is 167 Å². The number of carbonyl (C=O) groups excluding carboxylic acids is 1. The summed E-state index contributed by atoms with van der Waals surface area (Å²) in [7, 11) is 0. The first kappa shape index (κ1) is 21.2. The zero-order chi connectivity index (χ0) is 22.1. The number of benzene rings is 1. The summed E-state index contributed by atoms with van der Waals surface area (Å²) in [6, 6.07) is 6.87. The number of nitrogens with one attached hydrogen (secondary N) is 1. The van der Waals surface area contributed by atoms with Gasteiger partial charge in [-0.05, 0) is 55.8 Å². The highest BCUT2D eigenvalue weighted by atomic mass is 19.4. The minimum atomic E-state index is -4.76. The summed E-state index contributed by atoms with van der Waals surface area (Å²) in [6.45, 7) is 2.53. The van der Waals surface area contributed by atoms with Crippen molar-refractivity contribution in [3.05, 3.63) is 76.7 Å². The second-order valence-electron chi connectivity index (χ2n) is 6.26. The highest BCUT2D eigenvalue weighted by Crippen LogP contribution is 2.36. The molecule has 1 aromatic carbocycles. The van der Waals surface area contributed by atoms with Crippen molar-refractivity contribution in [2.24, 2.45) is 0 Å². The van der Waals surface area contributed by atoms with Gasteiger partial charge in [-0.1, -0.05) is 0 Å². The van der Waals surface area contributed by atoms with Crippen molar-refractivity contribution in [2.45, 2.75) is 20.0 Å². The molecule has 0 aliphatic heterocycles. The van der Waals surface area contributed by atoms with Crippen LogP contribution in [0.25, 0.3) is 0 Å². The molecule has 2 heterocycles. The molecule has 0 unspecified atom stereocenters. The highest BCUT2D eigenvalue weighted by Gasteiger charge is 2.36. The molecule has 0 aliphatic rings. The summed E-state index contributed by atoms with van der Waals surface area (Å²) in [5.74, 6) is -2.67. The van der Waals surface area contributed by atoms with Gasteiger partial charge in [-0.3, -0.25) is 4.79 Å². The molecule has 0 saturated heterocycles. The fourth-order valence-corrected chi connectivity index (χ4v) is 2.67. The summed E-state index contributed by atoms with van der Waals surface area (Å²) in [5.41, 5.74) is -1.74. The molecule has 3 rings (SSSR count). The van der Waals surface area contributed by atoms with Gasteiger partial charge in [0, 0.05) is 11.9 Å². The first-order valence-electron chi connectivity index (χ1n) is 8.51. The number of pyridine rings is 2. The summed E-state index contributed by atoms with van der Waals surface area (Å²) in [6.07, 6.45) is -4.21. The molecule has 156 valence electrons. The number of amides is 1. The molecule has 0 fully saturated rings. The van der Waals surface area contributed by atoms with Crippen LogP contribution in [0, 0.1) is 25.6 Å². The van der Waals surface area contributed by atoms with E-state index in [1.54, 1.807) is 0 Å². The number of anilines is 1. The minimum Gasteiger partial charge on any atom is -0.436 e. The third kappa shape index (κ3) is 4.53. The fourth-order valence-electron chi connectivity index (χ4n) is 2.67. The molecule has 30 heavy (non-hydrogen) atoms. The maximum Gasteiger partial charge on any atom is 0.418 e. The van der Waals surface area contributed by atoms with Crippen LogP contribution >= 0.6 is 0 Å². The van der Waals surface area contributed by atoms with Crippen molar-refractivity contribution >= 4 is 11.6 Å². The smallest absolute Gasteiger partial charge is 0.418 e. The van der Waals surface area contributed by atoms with Crippen molar-refractivity contribution in [2.75, 3.05) is 5.32 Å². The molecule has 5 nitrogen and oxygen atoms in total. The van der Waals surface area contributed by atoms with Crippen LogP contribution in [0.4, 0.5) is 27.6 Å². The molecule has 1 N–H and O–H groups in total. The monoisotopic (exact) mass is 423 g/mol. The SMILES string of the molecule is Cc1nc(F)ccc1Oc1ncc(C(F)(F)F)c(C)c1C(=O)Nc1ccc(F)cc1. The number of hydrogen-bond acceptors (Lipinski definition) is 4. The summed E-state index contributed by atoms with van der Waals surface area (Å²) in [4.78, 5) is 20.0. The molecule has 0 radical (unpaired) electrons. The van der Waals surface area contributed by atoms with Crippen LogP contribution in [0.2, 0.25) is 0 Å². The number of alkyl halides is 3. The molecule has 0 bridgehead atoms. The summed E-state index contributed by atoms with van der Waals surface area (Å²) < 4.78 is 71.7. The predicted octanol–water partition coefficient (Wildman–Crippen LogP) is 5.44. The number of ether oxygens (including phenoxy) is 1. The van der Waals surface area contributed by atoms with Gasteiger partial charge in [0.15, 0.2) is 5.75 Å². The minimum absolute atomic E-state index is 0.0129. The van der Waals surface area contributed by atoms with E-state index in [1.807, 2.05) is 0 Å². The molecule has 0 atom stereocenters. The van der Waals surface area contributed by atoms with Gasteiger partial charge < -0.3 is 10.1 Å². The fraction of sp³-hybridized carbons (Fsp3) is 0.150. The van der Waals surface area contributed by atoms with Crippen molar-refractivity contribution < 1.29 is 31.5 Å². The number of halogens is 5. The van der Waals surface area contributed by atoms with Gasteiger partial charge in [0.05, 0.1) is 11.3 Å². The first-order valence-corrected chi connectivity index (χ1v) is 8.51. The largest absolute Gasteiger partial charge is 0.436 e. The van der Waals surface area contributed by atoms with Crippen LogP contribution in [0.15, 0.2) is 42.6 Å². The first-order chi connectivity index (χ1) is 14.1. The van der Waals surface area contributed by atoms with Crippen LogP contribution in [0.3, 0.4) is 0 Å². The second kappa shape index (κ2) is 8.05. The van der Waals surface area contributed by atoms with E-state index in [1.165, 1.54) is 25.1 Å². The second-order valence-corrected chi connectivity index (χ2v) is 6.26. The maximum atomic E-state index is 13.3. The molecule has 3 aromatic rings. The Kier molecular flexibility index (Phi) is 5.68. The Bertz CT molecular complexity index is 1100. The Hall–Kier alpha value is -3.56. The molecule has 2 aromatic heterocycles. The molecule has 10 heteroatoms. The number of rotatable bonds is 4. The Balaban J connectivity index is 2.06. The average molecular weight is 423 g/mol. The normalized spacial score (nSPS) is 11.3. The van der Waals surface area contributed by atoms with Crippen molar-refractivity contribution in [3.63, 3.8) is 0 Å². The van der Waals surface area contributed by atoms with Gasteiger partial charge in [-0.2, -0.15) is 17.6 Å². The zero-order valence-electron chi connectivity index (χ0n) is 15.6. The van der Waals surface area contributed by atoms with E-state index in [4.69, 9.17) is 4.74 Å². The Morgan fingerprint density at radius 2 is 1.70 bits per heavy atom. The maximum absolute atomic E-state index is 13.3. The van der Waals surface area contributed by atoms with E-state index >= 15 is 0 Å². The van der Waals surface area contributed by atoms with Gasteiger partial charge in [0.2, 0.25) is 11.8 Å². The van der Waals surface area contributed by atoms with E-state index in [9.17, 15) is 26.7 Å². The summed E-state index contributed by atoms with van der Waals surface area (Å²) >= 11 is 0. The predicted molar refractivity (Wildman–Crippen MR) is 97.3 cm³/mol.